The number of aromatic nitrogens is 2. The van der Waals surface area contributed by atoms with Gasteiger partial charge >= 0.3 is 0 Å². The molecule has 0 saturated heterocycles. The van der Waals surface area contributed by atoms with Gasteiger partial charge in [-0.1, -0.05) is 23.2 Å². The number of nitrogens with two attached hydrogens (primary N) is 1. The van der Waals surface area contributed by atoms with Crippen LogP contribution in [0.5, 0.6) is 0 Å². The van der Waals surface area contributed by atoms with Gasteiger partial charge in [0.1, 0.15) is 16.1 Å². The summed E-state index contributed by atoms with van der Waals surface area (Å²) >= 11 is 11.4. The van der Waals surface area contributed by atoms with E-state index < -0.39 is 0 Å². The fraction of sp³-hybridized carbons (Fsp3) is 0.333. The van der Waals surface area contributed by atoms with E-state index in [1.54, 1.807) is 6.92 Å². The topological polar surface area (TPSA) is 51.8 Å². The van der Waals surface area contributed by atoms with E-state index >= 15 is 0 Å². The van der Waals surface area contributed by atoms with E-state index in [1.165, 1.54) is 0 Å². The second kappa shape index (κ2) is 3.34. The van der Waals surface area contributed by atoms with Crippen LogP contribution in [0.1, 0.15) is 11.4 Å². The van der Waals surface area contributed by atoms with Crippen molar-refractivity contribution in [2.45, 2.75) is 13.5 Å². The second-order valence-electron chi connectivity index (χ2n) is 2.05. The van der Waals surface area contributed by atoms with E-state index in [1.807, 2.05) is 0 Å². The van der Waals surface area contributed by atoms with Crippen molar-refractivity contribution in [3.05, 3.63) is 21.7 Å². The first-order chi connectivity index (χ1) is 5.15. The molecule has 0 aromatic carbocycles. The highest BCUT2D eigenvalue weighted by atomic mass is 35.5. The standard InChI is InChI=1S/C6H7Cl2N3/c1-3-5(7)10-4(2-9)11-6(3)8/h2,9H2,1H3. The molecule has 0 aliphatic carbocycles. The van der Waals surface area contributed by atoms with Gasteiger partial charge in [0.25, 0.3) is 0 Å². The van der Waals surface area contributed by atoms with Crippen molar-refractivity contribution in [1.29, 1.82) is 0 Å². The van der Waals surface area contributed by atoms with Gasteiger partial charge in [-0.3, -0.25) is 0 Å². The summed E-state index contributed by atoms with van der Waals surface area (Å²) in [5.74, 6) is 0.464. The molecule has 0 amide bonds. The zero-order valence-corrected chi connectivity index (χ0v) is 7.45. The molecule has 11 heavy (non-hydrogen) atoms. The Balaban J connectivity index is 3.21. The third-order valence-corrected chi connectivity index (χ3v) is 1.99. The van der Waals surface area contributed by atoms with Crippen molar-refractivity contribution >= 4 is 23.2 Å². The monoisotopic (exact) mass is 191 g/mol. The Morgan fingerprint density at radius 1 is 1.27 bits per heavy atom. The van der Waals surface area contributed by atoms with Crippen molar-refractivity contribution in [2.24, 2.45) is 5.73 Å². The molecule has 1 heterocycles. The molecule has 0 spiro atoms. The van der Waals surface area contributed by atoms with Crippen LogP contribution in [0, 0.1) is 6.92 Å². The number of halogens is 2. The third-order valence-electron chi connectivity index (χ3n) is 1.26. The summed E-state index contributed by atoms with van der Waals surface area (Å²) in [5, 5.41) is 0.732. The Morgan fingerprint density at radius 2 is 1.73 bits per heavy atom. The molecule has 5 heteroatoms. The molecule has 0 unspecified atom stereocenters. The van der Waals surface area contributed by atoms with Crippen LogP contribution >= 0.6 is 23.2 Å². The summed E-state index contributed by atoms with van der Waals surface area (Å²) in [5.41, 5.74) is 5.98. The van der Waals surface area contributed by atoms with Gasteiger partial charge in [-0.25, -0.2) is 9.97 Å². The summed E-state index contributed by atoms with van der Waals surface area (Å²) in [6.45, 7) is 2.00. The molecule has 0 atom stereocenters. The largest absolute Gasteiger partial charge is 0.324 e. The molecular formula is C6H7Cl2N3. The molecule has 1 aromatic rings. The molecule has 0 aliphatic rings. The van der Waals surface area contributed by atoms with Gasteiger partial charge < -0.3 is 5.73 Å². The summed E-state index contributed by atoms with van der Waals surface area (Å²) in [4.78, 5) is 7.79. The van der Waals surface area contributed by atoms with Gasteiger partial charge in [0, 0.05) is 5.56 Å². The molecule has 2 N–H and O–H groups in total. The van der Waals surface area contributed by atoms with E-state index in [-0.39, 0.29) is 6.54 Å². The highest BCUT2D eigenvalue weighted by molar-refractivity contribution is 6.34. The molecule has 0 aliphatic heterocycles. The minimum Gasteiger partial charge on any atom is -0.324 e. The molecule has 1 rings (SSSR count). The highest BCUT2D eigenvalue weighted by Gasteiger charge is 2.05. The van der Waals surface area contributed by atoms with E-state index in [2.05, 4.69) is 9.97 Å². The van der Waals surface area contributed by atoms with E-state index in [9.17, 15) is 0 Å². The predicted molar refractivity (Wildman–Crippen MR) is 44.7 cm³/mol. The third kappa shape index (κ3) is 1.80. The average molecular weight is 192 g/mol. The Kier molecular flexibility index (Phi) is 2.65. The minimum absolute atomic E-state index is 0.250. The molecule has 0 radical (unpaired) electrons. The van der Waals surface area contributed by atoms with Crippen molar-refractivity contribution < 1.29 is 0 Å². The highest BCUT2D eigenvalue weighted by Crippen LogP contribution is 2.18. The maximum absolute atomic E-state index is 5.71. The van der Waals surface area contributed by atoms with Crippen LogP contribution in [0.25, 0.3) is 0 Å². The van der Waals surface area contributed by atoms with Gasteiger partial charge in [0.2, 0.25) is 0 Å². The average Bonchev–Trinajstić information content (AvgIpc) is 1.99. The fourth-order valence-corrected chi connectivity index (χ4v) is 1.02. The molecule has 60 valence electrons. The van der Waals surface area contributed by atoms with Crippen molar-refractivity contribution in [3.63, 3.8) is 0 Å². The van der Waals surface area contributed by atoms with E-state index in [4.69, 9.17) is 28.9 Å². The number of rotatable bonds is 1. The van der Waals surface area contributed by atoms with Crippen molar-refractivity contribution in [1.82, 2.24) is 9.97 Å². The summed E-state index contributed by atoms with van der Waals surface area (Å²) < 4.78 is 0. The number of nitrogens with zero attached hydrogens (tertiary/aromatic N) is 2. The second-order valence-corrected chi connectivity index (χ2v) is 2.77. The van der Waals surface area contributed by atoms with Gasteiger partial charge in [0.15, 0.2) is 0 Å². The van der Waals surface area contributed by atoms with Crippen LogP contribution in [-0.2, 0) is 6.54 Å². The van der Waals surface area contributed by atoms with Crippen molar-refractivity contribution in [3.8, 4) is 0 Å². The lowest BCUT2D eigenvalue weighted by molar-refractivity contribution is 0.901. The molecule has 0 fully saturated rings. The normalized spacial score (nSPS) is 10.2. The minimum atomic E-state index is 0.250. The Morgan fingerprint density at radius 3 is 2.09 bits per heavy atom. The van der Waals surface area contributed by atoms with Crippen LogP contribution in [0.3, 0.4) is 0 Å². The van der Waals surface area contributed by atoms with Crippen LogP contribution in [0.2, 0.25) is 10.3 Å². The lowest BCUT2D eigenvalue weighted by Crippen LogP contribution is -2.04. The van der Waals surface area contributed by atoms with Crippen LogP contribution in [0.4, 0.5) is 0 Å². The van der Waals surface area contributed by atoms with Gasteiger partial charge in [-0.2, -0.15) is 0 Å². The number of hydrogen-bond acceptors (Lipinski definition) is 3. The van der Waals surface area contributed by atoms with Gasteiger partial charge in [-0.15, -0.1) is 0 Å². The van der Waals surface area contributed by atoms with Crippen LogP contribution in [0.15, 0.2) is 0 Å². The first kappa shape index (κ1) is 8.71. The quantitative estimate of drug-likeness (QED) is 0.686. The summed E-state index contributed by atoms with van der Waals surface area (Å²) in [7, 11) is 0. The maximum Gasteiger partial charge on any atom is 0.145 e. The molecular weight excluding hydrogens is 185 g/mol. The summed E-state index contributed by atoms with van der Waals surface area (Å²) in [6, 6.07) is 0. The lowest BCUT2D eigenvalue weighted by atomic mass is 10.4. The van der Waals surface area contributed by atoms with Gasteiger partial charge in [-0.05, 0) is 6.92 Å². The smallest absolute Gasteiger partial charge is 0.145 e. The van der Waals surface area contributed by atoms with E-state index in [0.29, 0.717) is 21.7 Å². The number of hydrogen-bond donors (Lipinski definition) is 1. The van der Waals surface area contributed by atoms with Gasteiger partial charge in [0.05, 0.1) is 6.54 Å². The predicted octanol–water partition coefficient (Wildman–Crippen LogP) is 1.55. The Hall–Kier alpha value is -0.380. The fourth-order valence-electron chi connectivity index (χ4n) is 0.596. The van der Waals surface area contributed by atoms with Crippen LogP contribution < -0.4 is 5.73 Å². The lowest BCUT2D eigenvalue weighted by Gasteiger charge is -2.01. The van der Waals surface area contributed by atoms with Crippen LogP contribution in [-0.4, -0.2) is 9.97 Å². The molecule has 0 saturated carbocycles. The Bertz CT molecular complexity index is 252. The Labute approximate surface area is 74.5 Å². The maximum atomic E-state index is 5.71. The molecule has 0 bridgehead atoms. The molecule has 1 aromatic heterocycles. The first-order valence-electron chi connectivity index (χ1n) is 3.03. The summed E-state index contributed by atoms with van der Waals surface area (Å²) in [6.07, 6.45) is 0. The zero-order chi connectivity index (χ0) is 8.43. The SMILES string of the molecule is Cc1c(Cl)nc(CN)nc1Cl. The zero-order valence-electron chi connectivity index (χ0n) is 5.93. The molecule has 3 nitrogen and oxygen atoms in total. The van der Waals surface area contributed by atoms with Crippen molar-refractivity contribution in [2.75, 3.05) is 0 Å². The first-order valence-corrected chi connectivity index (χ1v) is 3.79. The van der Waals surface area contributed by atoms with E-state index in [0.717, 1.165) is 0 Å².